The van der Waals surface area contributed by atoms with E-state index in [2.05, 4.69) is 20.5 Å². The number of nitrogens with one attached hydrogen (secondary N) is 3. The third-order valence-corrected chi connectivity index (χ3v) is 3.24. The van der Waals surface area contributed by atoms with Crippen molar-refractivity contribution in [2.45, 2.75) is 13.3 Å². The molecule has 6 nitrogen and oxygen atoms in total. The number of aromatic amines is 2. The SMILES string of the molecule is CCc1[nH]c(Nc2n[nH]c3ccccc23)cc1C(N)=O. The van der Waals surface area contributed by atoms with E-state index in [-0.39, 0.29) is 0 Å². The lowest BCUT2D eigenvalue weighted by Crippen LogP contribution is -2.11. The van der Waals surface area contributed by atoms with E-state index in [1.807, 2.05) is 31.2 Å². The first-order valence-corrected chi connectivity index (χ1v) is 6.41. The van der Waals surface area contributed by atoms with Crippen molar-refractivity contribution in [1.82, 2.24) is 15.2 Å². The van der Waals surface area contributed by atoms with Crippen molar-refractivity contribution in [3.63, 3.8) is 0 Å². The van der Waals surface area contributed by atoms with Crippen LogP contribution in [0.25, 0.3) is 10.9 Å². The molecule has 0 saturated carbocycles. The molecule has 0 spiro atoms. The molecular formula is C14H15N5O. The van der Waals surface area contributed by atoms with Crippen molar-refractivity contribution in [2.75, 3.05) is 5.32 Å². The van der Waals surface area contributed by atoms with Gasteiger partial charge in [-0.05, 0) is 24.6 Å². The lowest BCUT2D eigenvalue weighted by atomic mass is 10.2. The minimum Gasteiger partial charge on any atom is -0.366 e. The molecule has 0 unspecified atom stereocenters. The first-order valence-electron chi connectivity index (χ1n) is 6.41. The molecule has 102 valence electrons. The van der Waals surface area contributed by atoms with Gasteiger partial charge in [-0.25, -0.2) is 0 Å². The highest BCUT2D eigenvalue weighted by atomic mass is 16.1. The summed E-state index contributed by atoms with van der Waals surface area (Å²) in [5, 5.41) is 11.3. The summed E-state index contributed by atoms with van der Waals surface area (Å²) in [5.74, 6) is 0.978. The summed E-state index contributed by atoms with van der Waals surface area (Å²) in [4.78, 5) is 14.5. The second kappa shape index (κ2) is 4.73. The van der Waals surface area contributed by atoms with Crippen molar-refractivity contribution in [3.8, 4) is 0 Å². The predicted octanol–water partition coefficient (Wildman–Crippen LogP) is 2.30. The van der Waals surface area contributed by atoms with Crippen molar-refractivity contribution < 1.29 is 4.79 Å². The Hall–Kier alpha value is -2.76. The lowest BCUT2D eigenvalue weighted by Gasteiger charge is -1.99. The van der Waals surface area contributed by atoms with Crippen LogP contribution in [0.3, 0.4) is 0 Å². The van der Waals surface area contributed by atoms with Crippen LogP contribution in [0.4, 0.5) is 11.6 Å². The Labute approximate surface area is 115 Å². The molecule has 0 aliphatic carbocycles. The zero-order valence-electron chi connectivity index (χ0n) is 11.0. The van der Waals surface area contributed by atoms with Gasteiger partial charge in [0.2, 0.25) is 0 Å². The van der Waals surface area contributed by atoms with Gasteiger partial charge in [0.15, 0.2) is 5.82 Å². The molecule has 0 bridgehead atoms. The van der Waals surface area contributed by atoms with Crippen LogP contribution < -0.4 is 11.1 Å². The summed E-state index contributed by atoms with van der Waals surface area (Å²) >= 11 is 0. The van der Waals surface area contributed by atoms with Gasteiger partial charge in [0.05, 0.1) is 11.1 Å². The van der Waals surface area contributed by atoms with Crippen molar-refractivity contribution in [1.29, 1.82) is 0 Å². The van der Waals surface area contributed by atoms with E-state index in [1.54, 1.807) is 6.07 Å². The summed E-state index contributed by atoms with van der Waals surface area (Å²) in [6.07, 6.45) is 0.710. The average Bonchev–Trinajstić information content (AvgIpc) is 3.04. The van der Waals surface area contributed by atoms with Gasteiger partial charge in [0, 0.05) is 11.1 Å². The van der Waals surface area contributed by atoms with Gasteiger partial charge in [0.25, 0.3) is 5.91 Å². The molecule has 3 aromatic rings. The third-order valence-electron chi connectivity index (χ3n) is 3.24. The van der Waals surface area contributed by atoms with E-state index >= 15 is 0 Å². The molecule has 0 aliphatic rings. The Morgan fingerprint density at radius 1 is 1.40 bits per heavy atom. The molecule has 3 rings (SSSR count). The fraction of sp³-hybridized carbons (Fsp3) is 0.143. The number of rotatable bonds is 4. The number of nitrogens with zero attached hydrogens (tertiary/aromatic N) is 1. The first-order chi connectivity index (χ1) is 9.69. The average molecular weight is 269 g/mol. The van der Waals surface area contributed by atoms with Gasteiger partial charge in [-0.2, -0.15) is 5.10 Å². The van der Waals surface area contributed by atoms with Crippen LogP contribution >= 0.6 is 0 Å². The number of hydrogen-bond donors (Lipinski definition) is 4. The maximum absolute atomic E-state index is 11.4. The molecule has 0 atom stereocenters. The molecule has 0 radical (unpaired) electrons. The molecule has 1 amide bonds. The highest BCUT2D eigenvalue weighted by Gasteiger charge is 2.13. The summed E-state index contributed by atoms with van der Waals surface area (Å²) in [7, 11) is 0. The lowest BCUT2D eigenvalue weighted by molar-refractivity contribution is 0.0999. The fourth-order valence-electron chi connectivity index (χ4n) is 2.25. The normalized spacial score (nSPS) is 10.8. The topological polar surface area (TPSA) is 99.6 Å². The number of hydrogen-bond acceptors (Lipinski definition) is 3. The first kappa shape index (κ1) is 12.3. The number of aromatic nitrogens is 3. The van der Waals surface area contributed by atoms with Crippen LogP contribution in [-0.4, -0.2) is 21.1 Å². The fourth-order valence-corrected chi connectivity index (χ4v) is 2.25. The number of aryl methyl sites for hydroxylation is 1. The number of H-pyrrole nitrogens is 2. The summed E-state index contributed by atoms with van der Waals surface area (Å²) < 4.78 is 0. The molecule has 1 aromatic carbocycles. The highest BCUT2D eigenvalue weighted by Crippen LogP contribution is 2.24. The minimum absolute atomic E-state index is 0.432. The molecule has 20 heavy (non-hydrogen) atoms. The standard InChI is InChI=1S/C14H15N5O/c1-2-10-9(13(15)20)7-12(16-10)17-14-8-5-3-4-6-11(8)18-19-14/h3-7,16H,2H2,1H3,(H2,15,20)(H2,17,18,19). The van der Waals surface area contributed by atoms with Gasteiger partial charge in [-0.3, -0.25) is 9.89 Å². The van der Waals surface area contributed by atoms with Gasteiger partial charge in [0.1, 0.15) is 5.82 Å². The summed E-state index contributed by atoms with van der Waals surface area (Å²) in [6, 6.07) is 9.53. The second-order valence-corrected chi connectivity index (χ2v) is 4.54. The number of nitrogens with two attached hydrogens (primary N) is 1. The maximum Gasteiger partial charge on any atom is 0.250 e. The van der Waals surface area contributed by atoms with E-state index in [9.17, 15) is 4.79 Å². The quantitative estimate of drug-likeness (QED) is 0.584. The summed E-state index contributed by atoms with van der Waals surface area (Å²) in [6.45, 7) is 1.96. The van der Waals surface area contributed by atoms with E-state index in [0.29, 0.717) is 23.6 Å². The van der Waals surface area contributed by atoms with E-state index < -0.39 is 5.91 Å². The van der Waals surface area contributed by atoms with Crippen LogP contribution in [0.1, 0.15) is 23.0 Å². The van der Waals surface area contributed by atoms with Gasteiger partial charge < -0.3 is 16.0 Å². The van der Waals surface area contributed by atoms with Crippen LogP contribution in [-0.2, 0) is 6.42 Å². The Bertz CT molecular complexity index is 771. The summed E-state index contributed by atoms with van der Waals surface area (Å²) in [5.41, 5.74) is 7.64. The molecule has 0 fully saturated rings. The third kappa shape index (κ3) is 2.01. The number of para-hydroxylation sites is 1. The molecule has 0 aliphatic heterocycles. The van der Waals surface area contributed by atoms with Crippen molar-refractivity contribution in [3.05, 3.63) is 41.6 Å². The number of fused-ring (bicyclic) bond motifs is 1. The van der Waals surface area contributed by atoms with Crippen molar-refractivity contribution in [2.24, 2.45) is 5.73 Å². The predicted molar refractivity (Wildman–Crippen MR) is 78.1 cm³/mol. The van der Waals surface area contributed by atoms with Crippen LogP contribution in [0, 0.1) is 0 Å². The maximum atomic E-state index is 11.4. The highest BCUT2D eigenvalue weighted by molar-refractivity contribution is 5.96. The Kier molecular flexibility index (Phi) is 2.90. The van der Waals surface area contributed by atoms with Crippen molar-refractivity contribution >= 4 is 28.4 Å². The monoisotopic (exact) mass is 269 g/mol. The Morgan fingerprint density at radius 2 is 2.20 bits per heavy atom. The van der Waals surface area contributed by atoms with E-state index in [4.69, 9.17) is 5.73 Å². The number of primary amides is 1. The van der Waals surface area contributed by atoms with Gasteiger partial charge in [-0.1, -0.05) is 19.1 Å². The number of anilines is 2. The second-order valence-electron chi connectivity index (χ2n) is 4.54. The molecular weight excluding hydrogens is 254 g/mol. The molecule has 2 aromatic heterocycles. The largest absolute Gasteiger partial charge is 0.366 e. The molecule has 2 heterocycles. The zero-order valence-corrected chi connectivity index (χ0v) is 11.0. The number of amides is 1. The molecule has 6 heteroatoms. The number of carbonyl (C=O) groups excluding carboxylic acids is 1. The van der Waals surface area contributed by atoms with Crippen LogP contribution in [0.2, 0.25) is 0 Å². The van der Waals surface area contributed by atoms with E-state index in [1.165, 1.54) is 0 Å². The van der Waals surface area contributed by atoms with Crippen LogP contribution in [0.15, 0.2) is 30.3 Å². The molecule has 0 saturated heterocycles. The van der Waals surface area contributed by atoms with Crippen LogP contribution in [0.5, 0.6) is 0 Å². The molecule has 5 N–H and O–H groups in total. The Balaban J connectivity index is 1.97. The van der Waals surface area contributed by atoms with Gasteiger partial charge in [-0.15, -0.1) is 0 Å². The Morgan fingerprint density at radius 3 is 2.90 bits per heavy atom. The number of carbonyl (C=O) groups is 1. The minimum atomic E-state index is -0.432. The smallest absolute Gasteiger partial charge is 0.250 e. The van der Waals surface area contributed by atoms with E-state index in [0.717, 1.165) is 16.6 Å². The van der Waals surface area contributed by atoms with Gasteiger partial charge >= 0.3 is 0 Å². The zero-order chi connectivity index (χ0) is 14.1. The number of benzene rings is 1.